The molecule has 0 spiro atoms. The average molecular weight is 373 g/mol. The van der Waals surface area contributed by atoms with Gasteiger partial charge < -0.3 is 24.4 Å². The first-order valence-corrected chi connectivity index (χ1v) is 9.39. The fraction of sp³-hybridized carbons (Fsp3) is 0.550. The van der Waals surface area contributed by atoms with Gasteiger partial charge in [-0.25, -0.2) is 0 Å². The summed E-state index contributed by atoms with van der Waals surface area (Å²) in [6, 6.07) is 4.07. The molecule has 2 N–H and O–H groups in total. The smallest absolute Gasteiger partial charge is 0.308 e. The van der Waals surface area contributed by atoms with Crippen LogP contribution in [0.25, 0.3) is 0 Å². The molecule has 0 aromatic heterocycles. The number of esters is 1. The monoisotopic (exact) mass is 373 g/mol. The maximum atomic E-state index is 12.3. The number of fused-ring (bicyclic) bond motifs is 2. The summed E-state index contributed by atoms with van der Waals surface area (Å²) in [5.41, 5.74) is 1.68. The van der Waals surface area contributed by atoms with E-state index in [-0.39, 0.29) is 25.4 Å². The van der Waals surface area contributed by atoms with E-state index in [1.54, 1.807) is 13.0 Å². The summed E-state index contributed by atoms with van der Waals surface area (Å²) >= 11 is 0. The highest BCUT2D eigenvalue weighted by Gasteiger charge is 2.60. The molecule has 3 heterocycles. The van der Waals surface area contributed by atoms with Gasteiger partial charge in [0.25, 0.3) is 0 Å². The Bertz CT molecular complexity index is 821. The van der Waals surface area contributed by atoms with Crippen LogP contribution >= 0.6 is 0 Å². The molecule has 7 heteroatoms. The van der Waals surface area contributed by atoms with Crippen molar-refractivity contribution < 1.29 is 29.2 Å². The molecule has 27 heavy (non-hydrogen) atoms. The van der Waals surface area contributed by atoms with E-state index in [0.29, 0.717) is 25.3 Å². The molecule has 2 unspecified atom stereocenters. The lowest BCUT2D eigenvalue weighted by Crippen LogP contribution is -2.52. The van der Waals surface area contributed by atoms with Crippen LogP contribution in [0.2, 0.25) is 0 Å². The highest BCUT2D eigenvalue weighted by Crippen LogP contribution is 2.54. The van der Waals surface area contributed by atoms with Gasteiger partial charge in [0.1, 0.15) is 6.10 Å². The molecule has 0 saturated carbocycles. The van der Waals surface area contributed by atoms with Crippen LogP contribution in [0, 0.1) is 0 Å². The molecule has 1 aromatic rings. The van der Waals surface area contributed by atoms with Gasteiger partial charge in [-0.1, -0.05) is 12.2 Å². The van der Waals surface area contributed by atoms with Crippen molar-refractivity contribution in [2.45, 2.75) is 56.1 Å². The van der Waals surface area contributed by atoms with Crippen molar-refractivity contribution >= 4 is 5.97 Å². The molecule has 0 amide bonds. The average Bonchev–Trinajstić information content (AvgIpc) is 3.13. The largest absolute Gasteiger partial charge is 0.460 e. The number of hydrogen-bond acceptors (Lipinski definition) is 7. The quantitative estimate of drug-likeness (QED) is 0.600. The van der Waals surface area contributed by atoms with Gasteiger partial charge in [-0.2, -0.15) is 0 Å². The molecular formula is C20H23NO6. The van der Waals surface area contributed by atoms with Gasteiger partial charge in [-0.15, -0.1) is 0 Å². The first kappa shape index (κ1) is 17.0. The van der Waals surface area contributed by atoms with Crippen molar-refractivity contribution in [1.29, 1.82) is 0 Å². The minimum Gasteiger partial charge on any atom is -0.460 e. The van der Waals surface area contributed by atoms with Crippen molar-refractivity contribution in [1.82, 2.24) is 4.90 Å². The Hall–Kier alpha value is -2.09. The Morgan fingerprint density at radius 1 is 1.41 bits per heavy atom. The third kappa shape index (κ3) is 2.49. The van der Waals surface area contributed by atoms with Crippen molar-refractivity contribution in [2.75, 3.05) is 13.3 Å². The zero-order chi connectivity index (χ0) is 18.8. The minimum atomic E-state index is -0.739. The molecule has 144 valence electrons. The second-order valence-electron chi connectivity index (χ2n) is 7.93. The van der Waals surface area contributed by atoms with E-state index in [2.05, 4.69) is 4.90 Å². The molecule has 7 nitrogen and oxygen atoms in total. The van der Waals surface area contributed by atoms with Crippen molar-refractivity contribution in [3.05, 3.63) is 35.4 Å². The number of ether oxygens (including phenoxy) is 3. The molecule has 1 saturated heterocycles. The summed E-state index contributed by atoms with van der Waals surface area (Å²) in [7, 11) is 0. The Kier molecular flexibility index (Phi) is 3.76. The van der Waals surface area contributed by atoms with Crippen LogP contribution in [0.1, 0.15) is 30.9 Å². The number of rotatable bonds is 3. The van der Waals surface area contributed by atoms with Crippen LogP contribution in [0.5, 0.6) is 11.5 Å². The van der Waals surface area contributed by atoms with Crippen molar-refractivity contribution in [3.63, 3.8) is 0 Å². The zero-order valence-electron chi connectivity index (χ0n) is 15.1. The van der Waals surface area contributed by atoms with E-state index in [4.69, 9.17) is 14.2 Å². The molecule has 2 bridgehead atoms. The first-order chi connectivity index (χ1) is 13.0. The van der Waals surface area contributed by atoms with Crippen LogP contribution in [0.4, 0.5) is 0 Å². The van der Waals surface area contributed by atoms with Crippen LogP contribution in [0.15, 0.2) is 24.3 Å². The third-order valence-electron chi connectivity index (χ3n) is 6.16. The summed E-state index contributed by atoms with van der Waals surface area (Å²) in [5.74, 6) is 1.04. The summed E-state index contributed by atoms with van der Waals surface area (Å²) in [6.45, 7) is 3.09. The van der Waals surface area contributed by atoms with Gasteiger partial charge in [0.2, 0.25) is 6.79 Å². The molecule has 1 fully saturated rings. The van der Waals surface area contributed by atoms with Gasteiger partial charge in [-0.3, -0.25) is 9.69 Å². The minimum absolute atomic E-state index is 0.0302. The maximum absolute atomic E-state index is 12.3. The fourth-order valence-corrected chi connectivity index (χ4v) is 5.09. The maximum Gasteiger partial charge on any atom is 0.308 e. The molecular weight excluding hydrogens is 350 g/mol. The molecule has 1 aliphatic carbocycles. The molecule has 5 rings (SSSR count). The fourth-order valence-electron chi connectivity index (χ4n) is 5.09. The number of carbonyl (C=O) groups excluding carboxylic acids is 1. The molecule has 1 aromatic carbocycles. The van der Waals surface area contributed by atoms with E-state index < -0.39 is 23.6 Å². The highest BCUT2D eigenvalue weighted by atomic mass is 16.7. The van der Waals surface area contributed by atoms with E-state index in [9.17, 15) is 15.0 Å². The number of aliphatic hydroxyl groups excluding tert-OH is 2. The van der Waals surface area contributed by atoms with E-state index in [1.807, 2.05) is 18.2 Å². The zero-order valence-corrected chi connectivity index (χ0v) is 15.1. The van der Waals surface area contributed by atoms with Gasteiger partial charge in [0.05, 0.1) is 24.0 Å². The highest BCUT2D eigenvalue weighted by molar-refractivity contribution is 5.71. The number of carbonyl (C=O) groups is 1. The Morgan fingerprint density at radius 2 is 2.19 bits per heavy atom. The lowest BCUT2D eigenvalue weighted by molar-refractivity contribution is -0.152. The van der Waals surface area contributed by atoms with Crippen LogP contribution in [0.3, 0.4) is 0 Å². The topological polar surface area (TPSA) is 88.5 Å². The van der Waals surface area contributed by atoms with Gasteiger partial charge in [-0.05, 0) is 36.6 Å². The van der Waals surface area contributed by atoms with Crippen molar-refractivity contribution in [3.8, 4) is 11.5 Å². The van der Waals surface area contributed by atoms with E-state index >= 15 is 0 Å². The second kappa shape index (κ2) is 5.95. The van der Waals surface area contributed by atoms with E-state index in [0.717, 1.165) is 16.9 Å². The van der Waals surface area contributed by atoms with Gasteiger partial charge >= 0.3 is 5.97 Å². The molecule has 3 aliphatic heterocycles. The molecule has 6 atom stereocenters. The summed E-state index contributed by atoms with van der Waals surface area (Å²) < 4.78 is 17.0. The number of hydrogen-bond donors (Lipinski definition) is 2. The number of nitrogens with zero attached hydrogens (tertiary/aromatic N) is 1. The SMILES string of the molecule is CC(O)CC(=O)O[C@H]1CN2Cc3cc4c(cc3[C@]13C=C[C@H](O)C[C@H]23)OCO4. The lowest BCUT2D eigenvalue weighted by Gasteiger charge is -2.46. The predicted molar refractivity (Wildman–Crippen MR) is 94.4 cm³/mol. The van der Waals surface area contributed by atoms with Crippen LogP contribution < -0.4 is 9.47 Å². The number of benzene rings is 1. The lowest BCUT2D eigenvalue weighted by atomic mass is 9.65. The third-order valence-corrected chi connectivity index (χ3v) is 6.16. The Balaban J connectivity index is 1.60. The molecule has 4 aliphatic rings. The Morgan fingerprint density at radius 3 is 2.96 bits per heavy atom. The normalized spacial score (nSPS) is 36.1. The summed E-state index contributed by atoms with van der Waals surface area (Å²) in [5, 5.41) is 19.7. The number of aliphatic hydroxyl groups is 2. The predicted octanol–water partition coefficient (Wildman–Crippen LogP) is 0.854. The summed E-state index contributed by atoms with van der Waals surface area (Å²) in [6.07, 6.45) is 2.75. The van der Waals surface area contributed by atoms with Crippen LogP contribution in [-0.2, 0) is 21.5 Å². The van der Waals surface area contributed by atoms with Gasteiger partial charge in [0, 0.05) is 19.1 Å². The van der Waals surface area contributed by atoms with Gasteiger partial charge in [0.15, 0.2) is 11.5 Å². The second-order valence-corrected chi connectivity index (χ2v) is 7.93. The standard InChI is InChI=1S/C20H23NO6/c1-11(22)4-19(24)27-18-9-21-8-12-5-15-16(26-10-25-15)7-14(12)20(18)3-2-13(23)6-17(20)21/h2-3,5,7,11,13,17-18,22-23H,4,6,8-10H2,1H3/t11?,13-,17-,18-,20-/m0/s1. The van der Waals surface area contributed by atoms with Crippen molar-refractivity contribution in [2.24, 2.45) is 0 Å². The first-order valence-electron chi connectivity index (χ1n) is 9.39. The van der Waals surface area contributed by atoms with E-state index in [1.165, 1.54) is 0 Å². The Labute approximate surface area is 157 Å². The van der Waals surface area contributed by atoms with Crippen LogP contribution in [-0.4, -0.2) is 58.8 Å². The molecule has 0 radical (unpaired) electrons. The summed E-state index contributed by atoms with van der Waals surface area (Å²) in [4.78, 5) is 14.6.